The lowest BCUT2D eigenvalue weighted by Gasteiger charge is -2.36. The highest BCUT2D eigenvalue weighted by Crippen LogP contribution is 2.41. The Morgan fingerprint density at radius 1 is 1.50 bits per heavy atom. The summed E-state index contributed by atoms with van der Waals surface area (Å²) in [5.41, 5.74) is -0.366. The summed E-state index contributed by atoms with van der Waals surface area (Å²) in [5, 5.41) is 3.82. The minimum atomic E-state index is -0.366. The SMILES string of the molecule is CCOC1(c2noc(C(C)Cl)n2)CCC(C)CC1. The Morgan fingerprint density at radius 3 is 2.67 bits per heavy atom. The van der Waals surface area contributed by atoms with Gasteiger partial charge in [0, 0.05) is 6.61 Å². The van der Waals surface area contributed by atoms with Crippen LogP contribution in [-0.2, 0) is 10.3 Å². The molecule has 0 N–H and O–H groups in total. The van der Waals surface area contributed by atoms with E-state index in [4.69, 9.17) is 20.9 Å². The van der Waals surface area contributed by atoms with E-state index in [1.807, 2.05) is 13.8 Å². The third-order valence-corrected chi connectivity index (χ3v) is 3.88. The number of alkyl halides is 1. The van der Waals surface area contributed by atoms with Gasteiger partial charge in [0.05, 0.1) is 0 Å². The molecule has 0 aromatic carbocycles. The first-order chi connectivity index (χ1) is 8.57. The zero-order chi connectivity index (χ0) is 13.2. The predicted octanol–water partition coefficient (Wildman–Crippen LogP) is 3.81. The molecule has 1 atom stereocenters. The van der Waals surface area contributed by atoms with Crippen molar-refractivity contribution in [2.24, 2.45) is 5.92 Å². The summed E-state index contributed by atoms with van der Waals surface area (Å²) in [6.45, 7) is 6.77. The van der Waals surface area contributed by atoms with Crippen molar-refractivity contribution in [1.29, 1.82) is 0 Å². The predicted molar refractivity (Wildman–Crippen MR) is 69.5 cm³/mol. The Morgan fingerprint density at radius 2 is 2.17 bits per heavy atom. The fourth-order valence-electron chi connectivity index (χ4n) is 2.52. The Kier molecular flexibility index (Phi) is 4.28. The van der Waals surface area contributed by atoms with Crippen LogP contribution in [0.3, 0.4) is 0 Å². The highest BCUT2D eigenvalue weighted by Gasteiger charge is 2.41. The third-order valence-electron chi connectivity index (χ3n) is 3.69. The van der Waals surface area contributed by atoms with E-state index in [1.165, 1.54) is 0 Å². The maximum atomic E-state index is 5.97. The van der Waals surface area contributed by atoms with E-state index >= 15 is 0 Å². The fraction of sp³-hybridized carbons (Fsp3) is 0.846. The number of aromatic nitrogens is 2. The van der Waals surface area contributed by atoms with Crippen LogP contribution in [0.25, 0.3) is 0 Å². The minimum absolute atomic E-state index is 0.257. The van der Waals surface area contributed by atoms with Gasteiger partial charge in [-0.15, -0.1) is 11.6 Å². The second-order valence-electron chi connectivity index (χ2n) is 5.18. The van der Waals surface area contributed by atoms with E-state index in [1.54, 1.807) is 0 Å². The second kappa shape index (κ2) is 5.57. The van der Waals surface area contributed by atoms with Crippen LogP contribution < -0.4 is 0 Å². The molecule has 102 valence electrons. The monoisotopic (exact) mass is 272 g/mol. The Labute approximate surface area is 113 Å². The largest absolute Gasteiger partial charge is 0.367 e. The molecule has 18 heavy (non-hydrogen) atoms. The summed E-state index contributed by atoms with van der Waals surface area (Å²) in [7, 11) is 0. The first kappa shape index (κ1) is 13.8. The van der Waals surface area contributed by atoms with Crippen LogP contribution in [0.15, 0.2) is 4.52 Å². The van der Waals surface area contributed by atoms with Gasteiger partial charge in [0.15, 0.2) is 0 Å². The highest BCUT2D eigenvalue weighted by atomic mass is 35.5. The van der Waals surface area contributed by atoms with Gasteiger partial charge in [-0.05, 0) is 45.4 Å². The molecule has 1 aromatic rings. The zero-order valence-corrected chi connectivity index (χ0v) is 12.0. The minimum Gasteiger partial charge on any atom is -0.367 e. The topological polar surface area (TPSA) is 48.2 Å². The van der Waals surface area contributed by atoms with Crippen LogP contribution in [0, 0.1) is 5.92 Å². The van der Waals surface area contributed by atoms with E-state index in [2.05, 4.69) is 17.1 Å². The van der Waals surface area contributed by atoms with E-state index < -0.39 is 0 Å². The van der Waals surface area contributed by atoms with Crippen molar-refractivity contribution in [3.05, 3.63) is 11.7 Å². The van der Waals surface area contributed by atoms with Gasteiger partial charge in [-0.25, -0.2) is 0 Å². The summed E-state index contributed by atoms with van der Waals surface area (Å²) >= 11 is 5.96. The molecule has 0 spiro atoms. The number of hydrogen-bond donors (Lipinski definition) is 0. The van der Waals surface area contributed by atoms with Gasteiger partial charge in [-0.3, -0.25) is 0 Å². The van der Waals surface area contributed by atoms with E-state index in [0.29, 0.717) is 18.3 Å². The average Bonchev–Trinajstić information content (AvgIpc) is 2.83. The summed E-state index contributed by atoms with van der Waals surface area (Å²) in [6, 6.07) is 0. The van der Waals surface area contributed by atoms with E-state index in [-0.39, 0.29) is 11.0 Å². The number of rotatable bonds is 4. The van der Waals surface area contributed by atoms with Crippen molar-refractivity contribution in [2.75, 3.05) is 6.61 Å². The van der Waals surface area contributed by atoms with Gasteiger partial charge in [0.1, 0.15) is 11.0 Å². The highest BCUT2D eigenvalue weighted by molar-refractivity contribution is 6.20. The molecular formula is C13H21ClN2O2. The molecule has 0 radical (unpaired) electrons. The summed E-state index contributed by atoms with van der Waals surface area (Å²) in [5.74, 6) is 1.89. The van der Waals surface area contributed by atoms with Crippen molar-refractivity contribution < 1.29 is 9.26 Å². The Bertz CT molecular complexity index is 384. The molecule has 1 aromatic heterocycles. The summed E-state index contributed by atoms with van der Waals surface area (Å²) in [6.07, 6.45) is 4.19. The molecule has 0 saturated heterocycles. The number of halogens is 1. The normalized spacial score (nSPS) is 30.3. The molecule has 0 aliphatic heterocycles. The van der Waals surface area contributed by atoms with Crippen LogP contribution in [0.1, 0.15) is 63.5 Å². The lowest BCUT2D eigenvalue weighted by molar-refractivity contribution is -0.0847. The van der Waals surface area contributed by atoms with Crippen molar-refractivity contribution in [3.63, 3.8) is 0 Å². The Hall–Kier alpha value is -0.610. The molecule has 0 amide bonds. The smallest absolute Gasteiger partial charge is 0.244 e. The van der Waals surface area contributed by atoms with Gasteiger partial charge in [-0.2, -0.15) is 4.98 Å². The maximum absolute atomic E-state index is 5.97. The second-order valence-corrected chi connectivity index (χ2v) is 5.84. The average molecular weight is 273 g/mol. The maximum Gasteiger partial charge on any atom is 0.244 e. The molecule has 5 heteroatoms. The number of hydrogen-bond acceptors (Lipinski definition) is 4. The quantitative estimate of drug-likeness (QED) is 0.782. The molecule has 1 saturated carbocycles. The number of ether oxygens (including phenoxy) is 1. The molecule has 1 aliphatic rings. The zero-order valence-electron chi connectivity index (χ0n) is 11.3. The van der Waals surface area contributed by atoms with Crippen LogP contribution in [-0.4, -0.2) is 16.7 Å². The van der Waals surface area contributed by atoms with E-state index in [0.717, 1.165) is 31.6 Å². The molecular weight excluding hydrogens is 252 g/mol. The van der Waals surface area contributed by atoms with Crippen LogP contribution >= 0.6 is 11.6 Å². The molecule has 1 aliphatic carbocycles. The first-order valence-corrected chi connectivity index (χ1v) is 7.13. The van der Waals surface area contributed by atoms with Crippen molar-refractivity contribution in [1.82, 2.24) is 10.1 Å². The van der Waals surface area contributed by atoms with Gasteiger partial charge >= 0.3 is 0 Å². The lowest BCUT2D eigenvalue weighted by atomic mass is 9.79. The molecule has 2 rings (SSSR count). The fourth-order valence-corrected chi connectivity index (χ4v) is 2.61. The standard InChI is InChI=1S/C13H21ClN2O2/c1-4-17-13(7-5-9(2)6-8-13)12-15-11(10(3)14)18-16-12/h9-10H,4-8H2,1-3H3. The van der Waals surface area contributed by atoms with Crippen LogP contribution in [0.5, 0.6) is 0 Å². The van der Waals surface area contributed by atoms with Crippen molar-refractivity contribution in [2.45, 2.75) is 57.4 Å². The van der Waals surface area contributed by atoms with Gasteiger partial charge in [0.25, 0.3) is 0 Å². The third kappa shape index (κ3) is 2.69. The lowest BCUT2D eigenvalue weighted by Crippen LogP contribution is -2.35. The molecule has 1 heterocycles. The summed E-state index contributed by atoms with van der Waals surface area (Å²) < 4.78 is 11.2. The van der Waals surface area contributed by atoms with Gasteiger partial charge < -0.3 is 9.26 Å². The van der Waals surface area contributed by atoms with Gasteiger partial charge in [0.2, 0.25) is 11.7 Å². The van der Waals surface area contributed by atoms with Crippen LogP contribution in [0.4, 0.5) is 0 Å². The van der Waals surface area contributed by atoms with Crippen molar-refractivity contribution >= 4 is 11.6 Å². The molecule has 1 fully saturated rings. The molecule has 4 nitrogen and oxygen atoms in total. The summed E-state index contributed by atoms with van der Waals surface area (Å²) in [4.78, 5) is 4.41. The molecule has 1 unspecified atom stereocenters. The van der Waals surface area contributed by atoms with Gasteiger partial charge in [-0.1, -0.05) is 12.1 Å². The first-order valence-electron chi connectivity index (χ1n) is 6.69. The molecule has 0 bridgehead atoms. The van der Waals surface area contributed by atoms with Crippen molar-refractivity contribution in [3.8, 4) is 0 Å². The van der Waals surface area contributed by atoms with E-state index in [9.17, 15) is 0 Å². The Balaban J connectivity index is 2.23. The number of nitrogens with zero attached hydrogens (tertiary/aromatic N) is 2. The van der Waals surface area contributed by atoms with Crippen LogP contribution in [0.2, 0.25) is 0 Å².